The van der Waals surface area contributed by atoms with Crippen LogP contribution in [-0.4, -0.2) is 18.6 Å². The van der Waals surface area contributed by atoms with E-state index in [-0.39, 0.29) is 5.97 Å². The third kappa shape index (κ3) is 4.09. The zero-order valence-electron chi connectivity index (χ0n) is 12.5. The quantitative estimate of drug-likeness (QED) is 0.822. The lowest BCUT2D eigenvalue weighted by atomic mass is 9.92. The molecule has 3 heteroatoms. The first kappa shape index (κ1) is 15.1. The second-order valence-corrected chi connectivity index (χ2v) is 5.30. The molecule has 3 nitrogen and oxygen atoms in total. The summed E-state index contributed by atoms with van der Waals surface area (Å²) in [6, 6.07) is 19.9. The molecule has 0 aliphatic heterocycles. The molecule has 0 spiro atoms. The number of para-hydroxylation sites is 1. The van der Waals surface area contributed by atoms with Crippen LogP contribution < -0.4 is 5.32 Å². The summed E-state index contributed by atoms with van der Waals surface area (Å²) in [6.45, 7) is 1.88. The minimum Gasteiger partial charge on any atom is -0.467 e. The Hall–Kier alpha value is -2.29. The molecule has 0 saturated carbocycles. The lowest BCUT2D eigenvalue weighted by molar-refractivity contribution is -0.145. The third-order valence-electron chi connectivity index (χ3n) is 3.59. The van der Waals surface area contributed by atoms with Crippen molar-refractivity contribution in [3.8, 4) is 0 Å². The Morgan fingerprint density at radius 3 is 2.19 bits per heavy atom. The number of esters is 1. The summed E-state index contributed by atoms with van der Waals surface area (Å²) in [4.78, 5) is 12.2. The highest BCUT2D eigenvalue weighted by molar-refractivity contribution is 5.84. The van der Waals surface area contributed by atoms with E-state index in [1.54, 1.807) is 0 Å². The Morgan fingerprint density at radius 1 is 1.05 bits per heavy atom. The van der Waals surface area contributed by atoms with Gasteiger partial charge in [-0.3, -0.25) is 0 Å². The number of carbonyl (C=O) groups excluding carboxylic acids is 1. The number of methoxy groups -OCH3 is 1. The molecule has 0 bridgehead atoms. The summed E-state index contributed by atoms with van der Waals surface area (Å²) in [5.74, 6) is -0.248. The van der Waals surface area contributed by atoms with Gasteiger partial charge in [0.1, 0.15) is 5.54 Å². The first-order chi connectivity index (χ1) is 10.1. The van der Waals surface area contributed by atoms with E-state index >= 15 is 0 Å². The largest absolute Gasteiger partial charge is 0.467 e. The Bertz CT molecular complexity index is 568. The van der Waals surface area contributed by atoms with Crippen LogP contribution in [0.15, 0.2) is 60.7 Å². The molecule has 0 radical (unpaired) electrons. The average molecular weight is 283 g/mol. The molecular weight excluding hydrogens is 262 g/mol. The van der Waals surface area contributed by atoms with Crippen LogP contribution in [0, 0.1) is 0 Å². The van der Waals surface area contributed by atoms with Crippen molar-refractivity contribution in [1.29, 1.82) is 0 Å². The van der Waals surface area contributed by atoms with E-state index in [2.05, 4.69) is 17.4 Å². The van der Waals surface area contributed by atoms with Gasteiger partial charge in [0.25, 0.3) is 0 Å². The highest BCUT2D eigenvalue weighted by Gasteiger charge is 2.33. The van der Waals surface area contributed by atoms with Gasteiger partial charge in [-0.1, -0.05) is 48.5 Å². The van der Waals surface area contributed by atoms with Crippen LogP contribution in [0.25, 0.3) is 0 Å². The van der Waals surface area contributed by atoms with Gasteiger partial charge < -0.3 is 10.1 Å². The molecule has 1 N–H and O–H groups in total. The number of hydrogen-bond acceptors (Lipinski definition) is 3. The number of benzene rings is 2. The average Bonchev–Trinajstić information content (AvgIpc) is 2.54. The Kier molecular flexibility index (Phi) is 4.99. The van der Waals surface area contributed by atoms with Crippen molar-refractivity contribution in [2.45, 2.75) is 25.3 Å². The first-order valence-electron chi connectivity index (χ1n) is 7.09. The minimum atomic E-state index is -0.744. The van der Waals surface area contributed by atoms with Gasteiger partial charge in [-0.25, -0.2) is 4.79 Å². The molecule has 2 rings (SSSR count). The molecule has 21 heavy (non-hydrogen) atoms. The van der Waals surface area contributed by atoms with Gasteiger partial charge in [-0.15, -0.1) is 0 Å². The predicted molar refractivity (Wildman–Crippen MR) is 85.2 cm³/mol. The smallest absolute Gasteiger partial charge is 0.331 e. The van der Waals surface area contributed by atoms with Crippen LogP contribution in [0.4, 0.5) is 5.69 Å². The van der Waals surface area contributed by atoms with Gasteiger partial charge in [0.2, 0.25) is 0 Å². The molecule has 2 aromatic rings. The van der Waals surface area contributed by atoms with Gasteiger partial charge in [0, 0.05) is 5.69 Å². The van der Waals surface area contributed by atoms with Gasteiger partial charge in [0.05, 0.1) is 7.11 Å². The lowest BCUT2D eigenvalue weighted by Gasteiger charge is -2.29. The fourth-order valence-corrected chi connectivity index (χ4v) is 2.32. The zero-order valence-corrected chi connectivity index (χ0v) is 12.5. The van der Waals surface area contributed by atoms with E-state index < -0.39 is 5.54 Å². The van der Waals surface area contributed by atoms with Crippen molar-refractivity contribution in [2.24, 2.45) is 0 Å². The third-order valence-corrected chi connectivity index (χ3v) is 3.59. The first-order valence-corrected chi connectivity index (χ1v) is 7.09. The Balaban J connectivity index is 2.11. The topological polar surface area (TPSA) is 38.3 Å². The van der Waals surface area contributed by atoms with Crippen LogP contribution in [-0.2, 0) is 16.0 Å². The minimum absolute atomic E-state index is 0.248. The van der Waals surface area contributed by atoms with E-state index in [4.69, 9.17) is 4.74 Å². The van der Waals surface area contributed by atoms with Crippen LogP contribution in [0.1, 0.15) is 18.9 Å². The molecule has 2 aromatic carbocycles. The zero-order chi connectivity index (χ0) is 15.1. The van der Waals surface area contributed by atoms with Crippen molar-refractivity contribution in [3.05, 3.63) is 66.2 Å². The molecule has 110 valence electrons. The molecule has 0 saturated heterocycles. The summed E-state index contributed by atoms with van der Waals surface area (Å²) in [5, 5.41) is 3.30. The summed E-state index contributed by atoms with van der Waals surface area (Å²) in [6.07, 6.45) is 1.48. The fraction of sp³-hybridized carbons (Fsp3) is 0.278. The van der Waals surface area contributed by atoms with Crippen molar-refractivity contribution in [2.75, 3.05) is 12.4 Å². The molecule has 0 heterocycles. The summed E-state index contributed by atoms with van der Waals surface area (Å²) in [5.41, 5.74) is 1.38. The van der Waals surface area contributed by atoms with Crippen LogP contribution in [0.2, 0.25) is 0 Å². The fourth-order valence-electron chi connectivity index (χ4n) is 2.32. The molecule has 0 aliphatic rings. The molecule has 1 atom stereocenters. The number of nitrogens with one attached hydrogen (secondary N) is 1. The van der Waals surface area contributed by atoms with E-state index in [0.29, 0.717) is 6.42 Å². The summed E-state index contributed by atoms with van der Waals surface area (Å²) < 4.78 is 4.97. The Morgan fingerprint density at radius 2 is 1.62 bits per heavy atom. The number of hydrogen-bond donors (Lipinski definition) is 1. The maximum Gasteiger partial charge on any atom is 0.331 e. The number of aryl methyl sites for hydroxylation is 1. The Labute approximate surface area is 126 Å². The number of anilines is 1. The van der Waals surface area contributed by atoms with Gasteiger partial charge in [0.15, 0.2) is 0 Å². The summed E-state index contributed by atoms with van der Waals surface area (Å²) in [7, 11) is 1.43. The monoisotopic (exact) mass is 283 g/mol. The van der Waals surface area contributed by atoms with Crippen LogP contribution in [0.3, 0.4) is 0 Å². The predicted octanol–water partition coefficient (Wildman–Crippen LogP) is 3.66. The maximum absolute atomic E-state index is 12.2. The highest BCUT2D eigenvalue weighted by atomic mass is 16.5. The normalized spacial score (nSPS) is 13.2. The van der Waals surface area contributed by atoms with Crippen molar-refractivity contribution in [3.63, 3.8) is 0 Å². The highest BCUT2D eigenvalue weighted by Crippen LogP contribution is 2.22. The van der Waals surface area contributed by atoms with Crippen LogP contribution in [0.5, 0.6) is 0 Å². The molecule has 1 unspecified atom stereocenters. The lowest BCUT2D eigenvalue weighted by Crippen LogP contribution is -2.44. The van der Waals surface area contributed by atoms with Crippen molar-refractivity contribution in [1.82, 2.24) is 0 Å². The number of ether oxygens (including phenoxy) is 1. The summed E-state index contributed by atoms with van der Waals surface area (Å²) >= 11 is 0. The van der Waals surface area contributed by atoms with E-state index in [1.807, 2.05) is 55.5 Å². The van der Waals surface area contributed by atoms with E-state index in [1.165, 1.54) is 12.7 Å². The van der Waals surface area contributed by atoms with Gasteiger partial charge in [-0.05, 0) is 37.5 Å². The second-order valence-electron chi connectivity index (χ2n) is 5.30. The molecular formula is C18H21NO2. The van der Waals surface area contributed by atoms with Gasteiger partial charge >= 0.3 is 5.97 Å². The number of rotatable bonds is 6. The molecule has 0 aromatic heterocycles. The van der Waals surface area contributed by atoms with E-state index in [0.717, 1.165) is 12.1 Å². The molecule has 0 aliphatic carbocycles. The molecule has 0 amide bonds. The SMILES string of the molecule is COC(=O)C(C)(CCc1ccccc1)Nc1ccccc1. The van der Waals surface area contributed by atoms with Crippen LogP contribution >= 0.6 is 0 Å². The molecule has 0 fully saturated rings. The maximum atomic E-state index is 12.2. The standard InChI is InChI=1S/C18H21NO2/c1-18(17(20)21-2,19-16-11-7-4-8-12-16)14-13-15-9-5-3-6-10-15/h3-12,19H,13-14H2,1-2H3. The second kappa shape index (κ2) is 6.93. The van der Waals surface area contributed by atoms with Crippen molar-refractivity contribution >= 4 is 11.7 Å². The van der Waals surface area contributed by atoms with E-state index in [9.17, 15) is 4.79 Å². The van der Waals surface area contributed by atoms with Gasteiger partial charge in [-0.2, -0.15) is 0 Å². The van der Waals surface area contributed by atoms with Crippen molar-refractivity contribution < 1.29 is 9.53 Å². The number of carbonyl (C=O) groups is 1.